The van der Waals surface area contributed by atoms with E-state index in [-0.39, 0.29) is 11.7 Å². The van der Waals surface area contributed by atoms with Crippen LogP contribution in [0.15, 0.2) is 42.5 Å². The van der Waals surface area contributed by atoms with Crippen molar-refractivity contribution in [2.45, 2.75) is 56.9 Å². The van der Waals surface area contributed by atoms with E-state index in [0.29, 0.717) is 32.1 Å². The second-order valence-corrected chi connectivity index (χ2v) is 10.8. The number of thiocarbonyl (C=S) groups is 1. The molecule has 13 heteroatoms. The summed E-state index contributed by atoms with van der Waals surface area (Å²) in [4.78, 5) is 15.0. The zero-order chi connectivity index (χ0) is 29.1. The van der Waals surface area contributed by atoms with Crippen LogP contribution in [0.5, 0.6) is 0 Å². The summed E-state index contributed by atoms with van der Waals surface area (Å²) in [5.74, 6) is 0.451. The Bertz CT molecular complexity index is 1190. The Kier molecular flexibility index (Phi) is 9.11. The lowest BCUT2D eigenvalue weighted by molar-refractivity contribution is -0.388. The highest BCUT2D eigenvalue weighted by atomic mass is 32.1. The third-order valence-corrected chi connectivity index (χ3v) is 8.14. The van der Waals surface area contributed by atoms with Crippen LogP contribution in [0.2, 0.25) is 0 Å². The topological polar surface area (TPSA) is 61.7 Å². The molecular formula is C27H30F6N4O2S. The van der Waals surface area contributed by atoms with Crippen molar-refractivity contribution < 1.29 is 31.3 Å². The maximum Gasteiger partial charge on any atom is 0.423 e. The van der Waals surface area contributed by atoms with Crippen LogP contribution >= 0.6 is 12.2 Å². The molecule has 0 bridgehead atoms. The van der Waals surface area contributed by atoms with Crippen LogP contribution < -0.4 is 10.2 Å². The molecule has 0 aromatic heterocycles. The van der Waals surface area contributed by atoms with Crippen molar-refractivity contribution in [3.63, 3.8) is 0 Å². The Morgan fingerprint density at radius 2 is 1.55 bits per heavy atom. The van der Waals surface area contributed by atoms with Gasteiger partial charge in [-0.05, 0) is 80.8 Å². The fourth-order valence-electron chi connectivity index (χ4n) is 5.40. The van der Waals surface area contributed by atoms with Gasteiger partial charge >= 0.3 is 12.4 Å². The SMILES string of the molecule is O=[N+]([O-])c1ccc(N[C@H]2CC[C@H](CCC(=S)N3CCN(c4ccc(C(F)(F)F)cc4)CC3)CC2)cc1C(F)(F)F. The van der Waals surface area contributed by atoms with Crippen molar-refractivity contribution >= 4 is 34.3 Å². The van der Waals surface area contributed by atoms with E-state index in [1.54, 1.807) is 0 Å². The highest BCUT2D eigenvalue weighted by Crippen LogP contribution is 2.38. The van der Waals surface area contributed by atoms with E-state index in [1.807, 2.05) is 0 Å². The molecule has 2 aliphatic rings. The minimum Gasteiger partial charge on any atom is -0.382 e. The minimum absolute atomic E-state index is 0.0102. The van der Waals surface area contributed by atoms with Crippen molar-refractivity contribution in [1.82, 2.24) is 4.90 Å². The van der Waals surface area contributed by atoms with Crippen LogP contribution in [0.3, 0.4) is 0 Å². The predicted molar refractivity (Wildman–Crippen MR) is 145 cm³/mol. The lowest BCUT2D eigenvalue weighted by atomic mass is 9.83. The second kappa shape index (κ2) is 12.2. The molecule has 0 spiro atoms. The van der Waals surface area contributed by atoms with E-state index in [0.717, 1.165) is 73.5 Å². The third-order valence-electron chi connectivity index (χ3n) is 7.67. The van der Waals surface area contributed by atoms with E-state index >= 15 is 0 Å². The third kappa shape index (κ3) is 7.55. The molecule has 2 fully saturated rings. The normalized spacial score (nSPS) is 20.4. The summed E-state index contributed by atoms with van der Waals surface area (Å²) < 4.78 is 78.2. The molecule has 1 saturated carbocycles. The Balaban J connectivity index is 1.19. The number of nitro groups is 1. The summed E-state index contributed by atoms with van der Waals surface area (Å²) >= 11 is 5.67. The van der Waals surface area contributed by atoms with Crippen molar-refractivity contribution in [3.05, 3.63) is 63.7 Å². The molecule has 6 nitrogen and oxygen atoms in total. The van der Waals surface area contributed by atoms with Crippen LogP contribution in [0.1, 0.15) is 49.7 Å². The Labute approximate surface area is 233 Å². The molecule has 0 atom stereocenters. The van der Waals surface area contributed by atoms with Crippen LogP contribution in [-0.4, -0.2) is 47.0 Å². The number of nitrogens with zero attached hydrogens (tertiary/aromatic N) is 3. The Morgan fingerprint density at radius 1 is 0.925 bits per heavy atom. The molecule has 1 N–H and O–H groups in total. The second-order valence-electron chi connectivity index (χ2n) is 10.3. The summed E-state index contributed by atoms with van der Waals surface area (Å²) in [5.41, 5.74) is -1.91. The minimum atomic E-state index is -4.81. The number of anilines is 2. The van der Waals surface area contributed by atoms with Gasteiger partial charge in [0.1, 0.15) is 5.56 Å². The summed E-state index contributed by atoms with van der Waals surface area (Å²) in [6.07, 6.45) is -4.13. The van der Waals surface area contributed by atoms with Crippen molar-refractivity contribution in [2.75, 3.05) is 36.4 Å². The summed E-state index contributed by atoms with van der Waals surface area (Å²) in [6.45, 7) is 2.74. The molecule has 1 saturated heterocycles. The highest BCUT2D eigenvalue weighted by molar-refractivity contribution is 7.80. The zero-order valence-electron chi connectivity index (χ0n) is 21.6. The molecule has 4 rings (SSSR count). The molecule has 1 aliphatic heterocycles. The van der Waals surface area contributed by atoms with Gasteiger partial charge in [0.25, 0.3) is 5.69 Å². The van der Waals surface area contributed by atoms with Gasteiger partial charge < -0.3 is 15.1 Å². The molecule has 0 amide bonds. The smallest absolute Gasteiger partial charge is 0.382 e. The number of rotatable bonds is 7. The number of halogens is 6. The molecule has 2 aromatic carbocycles. The zero-order valence-corrected chi connectivity index (χ0v) is 22.4. The highest BCUT2D eigenvalue weighted by Gasteiger charge is 2.38. The van der Waals surface area contributed by atoms with Gasteiger partial charge in [0, 0.05) is 49.7 Å². The molecule has 0 unspecified atom stereocenters. The van der Waals surface area contributed by atoms with Gasteiger partial charge in [-0.1, -0.05) is 12.2 Å². The monoisotopic (exact) mass is 588 g/mol. The molecule has 1 heterocycles. The van der Waals surface area contributed by atoms with Gasteiger partial charge in [-0.3, -0.25) is 10.1 Å². The van der Waals surface area contributed by atoms with E-state index in [9.17, 15) is 36.5 Å². The molecule has 0 radical (unpaired) electrons. The molecule has 40 heavy (non-hydrogen) atoms. The van der Waals surface area contributed by atoms with Crippen molar-refractivity contribution in [1.29, 1.82) is 0 Å². The molecule has 218 valence electrons. The fraction of sp³-hybridized carbons (Fsp3) is 0.519. The van der Waals surface area contributed by atoms with E-state index in [4.69, 9.17) is 12.2 Å². The van der Waals surface area contributed by atoms with Gasteiger partial charge in [0.2, 0.25) is 0 Å². The Morgan fingerprint density at radius 3 is 2.10 bits per heavy atom. The quantitative estimate of drug-likeness (QED) is 0.156. The van der Waals surface area contributed by atoms with Crippen LogP contribution in [0, 0.1) is 16.0 Å². The van der Waals surface area contributed by atoms with E-state index in [1.165, 1.54) is 18.2 Å². The number of nitrogens with one attached hydrogen (secondary N) is 1. The number of alkyl halides is 6. The lowest BCUT2D eigenvalue weighted by Gasteiger charge is -2.38. The van der Waals surface area contributed by atoms with E-state index < -0.39 is 34.1 Å². The maximum atomic E-state index is 13.3. The van der Waals surface area contributed by atoms with Crippen molar-refractivity contribution in [2.24, 2.45) is 5.92 Å². The summed E-state index contributed by atoms with van der Waals surface area (Å²) in [6, 6.07) is 8.20. The number of piperazine rings is 1. The number of hydrogen-bond donors (Lipinski definition) is 1. The number of nitro benzene ring substituents is 1. The van der Waals surface area contributed by atoms with Crippen LogP contribution in [-0.2, 0) is 12.4 Å². The first-order valence-corrected chi connectivity index (χ1v) is 13.5. The van der Waals surface area contributed by atoms with Gasteiger partial charge in [0.05, 0.1) is 15.5 Å². The van der Waals surface area contributed by atoms with Crippen LogP contribution in [0.4, 0.5) is 43.4 Å². The average molecular weight is 589 g/mol. The Hall–Kier alpha value is -3.09. The van der Waals surface area contributed by atoms with Gasteiger partial charge in [0.15, 0.2) is 0 Å². The summed E-state index contributed by atoms with van der Waals surface area (Å²) in [7, 11) is 0. The molecular weight excluding hydrogens is 558 g/mol. The number of benzene rings is 2. The average Bonchev–Trinajstić information content (AvgIpc) is 2.91. The number of hydrogen-bond acceptors (Lipinski definition) is 5. The molecule has 2 aromatic rings. The van der Waals surface area contributed by atoms with E-state index in [2.05, 4.69) is 15.1 Å². The maximum absolute atomic E-state index is 13.3. The van der Waals surface area contributed by atoms with Gasteiger partial charge in [-0.15, -0.1) is 0 Å². The molecule has 1 aliphatic carbocycles. The van der Waals surface area contributed by atoms with Crippen LogP contribution in [0.25, 0.3) is 0 Å². The van der Waals surface area contributed by atoms with Gasteiger partial charge in [-0.25, -0.2) is 0 Å². The predicted octanol–water partition coefficient (Wildman–Crippen LogP) is 7.53. The summed E-state index contributed by atoms with van der Waals surface area (Å²) in [5, 5.41) is 14.1. The standard InChI is InChI=1S/C27H30F6N4O2S/c28-26(29,30)19-4-9-22(10-5-19)35-13-15-36(16-14-35)25(40)12-3-18-1-6-20(7-2-18)34-21-8-11-24(37(38)39)23(17-21)27(31,32)33/h4-5,8-11,17-18,20,34H,1-3,6-7,12-16H2/t18-,20-. The lowest BCUT2D eigenvalue weighted by Crippen LogP contribution is -2.48. The first-order chi connectivity index (χ1) is 18.8. The largest absolute Gasteiger partial charge is 0.423 e. The first kappa shape index (κ1) is 29.9. The van der Waals surface area contributed by atoms with Crippen molar-refractivity contribution in [3.8, 4) is 0 Å². The first-order valence-electron chi connectivity index (χ1n) is 13.1. The fourth-order valence-corrected chi connectivity index (χ4v) is 5.70. The van der Waals surface area contributed by atoms with Gasteiger partial charge in [-0.2, -0.15) is 26.3 Å².